The molecule has 0 spiro atoms. The fourth-order valence-electron chi connectivity index (χ4n) is 4.65. The first-order valence-electron chi connectivity index (χ1n) is 11.6. The summed E-state index contributed by atoms with van der Waals surface area (Å²) in [7, 11) is 1.59. The fourth-order valence-corrected chi connectivity index (χ4v) is 4.65. The fraction of sp³-hybridized carbons (Fsp3) is 0.400. The maximum atomic E-state index is 15.0. The minimum Gasteiger partial charge on any atom is -0.497 e. The summed E-state index contributed by atoms with van der Waals surface area (Å²) in [4.78, 5) is 22.6. The molecule has 4 heterocycles. The van der Waals surface area contributed by atoms with E-state index < -0.39 is 24.4 Å². The Kier molecular flexibility index (Phi) is 9.86. The number of likely N-dealkylation sites (tertiary alicyclic amines) is 1. The second-order valence-corrected chi connectivity index (χ2v) is 8.82. The first kappa shape index (κ1) is 28.8. The molecule has 3 aromatic rings. The number of β-amino-alcohol motifs (C(OH)–C–C–N with tert-alkyl or cyclic N) is 1. The minimum absolute atomic E-state index is 0. The number of carbonyl (C=O) groups excluding carboxylic acids is 1. The van der Waals surface area contributed by atoms with Crippen LogP contribution in [-0.2, 0) is 4.79 Å². The molecule has 2 aliphatic heterocycles. The highest BCUT2D eigenvalue weighted by Crippen LogP contribution is 2.29. The molecule has 1 amide bonds. The zero-order valence-corrected chi connectivity index (χ0v) is 21.8. The van der Waals surface area contributed by atoms with Crippen molar-refractivity contribution in [2.75, 3.05) is 38.6 Å². The maximum Gasteiger partial charge on any atom is 0.268 e. The Morgan fingerprint density at radius 1 is 1.27 bits per heavy atom. The Hall–Kier alpha value is -2.76. The van der Waals surface area contributed by atoms with Crippen molar-refractivity contribution in [3.63, 3.8) is 0 Å². The van der Waals surface area contributed by atoms with E-state index in [4.69, 9.17) is 9.47 Å². The minimum atomic E-state index is -1.15. The van der Waals surface area contributed by atoms with Crippen LogP contribution in [0.15, 0.2) is 48.8 Å². The van der Waals surface area contributed by atoms with Gasteiger partial charge in [-0.2, -0.15) is 0 Å². The van der Waals surface area contributed by atoms with Crippen LogP contribution < -0.4 is 20.1 Å². The number of nitrogens with zero attached hydrogens (tertiary/aromatic N) is 3. The number of methoxy groups -OCH3 is 1. The summed E-state index contributed by atoms with van der Waals surface area (Å²) in [6.45, 7) is 1.30. The Balaban J connectivity index is 0.00000190. The number of fused-ring (bicyclic) bond motifs is 2. The number of hydrogen-bond donors (Lipinski definition) is 3. The highest BCUT2D eigenvalue weighted by atomic mass is 35.5. The van der Waals surface area contributed by atoms with Crippen LogP contribution in [0.2, 0.25) is 0 Å². The van der Waals surface area contributed by atoms with Crippen molar-refractivity contribution >= 4 is 47.4 Å². The summed E-state index contributed by atoms with van der Waals surface area (Å²) in [6.07, 6.45) is 1.09. The van der Waals surface area contributed by atoms with E-state index >= 15 is 4.39 Å². The number of nitrogens with one attached hydrogen (secondary N) is 2. The molecule has 0 aliphatic carbocycles. The number of amides is 1. The molecular weight excluding hydrogens is 524 g/mol. The zero-order chi connectivity index (χ0) is 24.4. The molecule has 1 unspecified atom stereocenters. The molecule has 4 atom stereocenters. The topological polar surface area (TPSA) is 109 Å². The second-order valence-electron chi connectivity index (χ2n) is 8.82. The van der Waals surface area contributed by atoms with Crippen LogP contribution in [-0.4, -0.2) is 77.5 Å². The van der Waals surface area contributed by atoms with Crippen molar-refractivity contribution in [3.8, 4) is 11.5 Å². The number of alkyl halides is 1. The molecule has 0 saturated carbocycles. The van der Waals surface area contributed by atoms with Crippen LogP contribution in [0.1, 0.15) is 18.1 Å². The third-order valence-electron chi connectivity index (χ3n) is 6.54. The van der Waals surface area contributed by atoms with Crippen LogP contribution in [0.5, 0.6) is 11.5 Å². The lowest BCUT2D eigenvalue weighted by molar-refractivity contribution is -0.123. The number of benzene rings is 1. The van der Waals surface area contributed by atoms with Crippen molar-refractivity contribution in [2.45, 2.75) is 30.8 Å². The van der Waals surface area contributed by atoms with Gasteiger partial charge in [0.15, 0.2) is 17.7 Å². The number of pyridine rings is 2. The molecule has 200 valence electrons. The van der Waals surface area contributed by atoms with E-state index in [0.29, 0.717) is 36.8 Å². The van der Waals surface area contributed by atoms with E-state index in [1.165, 1.54) is 0 Å². The van der Waals surface area contributed by atoms with Crippen molar-refractivity contribution < 1.29 is 23.8 Å². The third-order valence-corrected chi connectivity index (χ3v) is 6.54. The standard InChI is InChI=1S/C25H28FN5O4.2ClH/c1-34-15-4-5-19-17(11-15)16(6-9-27-19)21(32)14-31-10-7-20(18(26)13-31)29-12-23-25(33)30-24-22(35-23)3-2-8-28-24;;/h2-6,8-9,11,18,20-21,23,29,32H,7,10,12-14H2,1H3,(H,28,30,33);2*1H/t18-,20-,21+,23?;;/m1../s1. The number of aromatic nitrogens is 2. The maximum absolute atomic E-state index is 15.0. The van der Waals surface area contributed by atoms with Gasteiger partial charge in [0.25, 0.3) is 5.91 Å². The first-order valence-corrected chi connectivity index (χ1v) is 11.6. The number of carbonyl (C=O) groups is 1. The van der Waals surface area contributed by atoms with E-state index in [9.17, 15) is 9.90 Å². The number of aliphatic hydroxyl groups excluding tert-OH is 1. The SMILES string of the molecule is COc1ccc2nccc([C@@H](O)CN3CC[C@@H](NCC4Oc5cccnc5NC4=O)[C@H](F)C3)c2c1.Cl.Cl. The van der Waals surface area contributed by atoms with Crippen LogP contribution in [0.25, 0.3) is 10.9 Å². The average Bonchev–Trinajstić information content (AvgIpc) is 2.87. The summed E-state index contributed by atoms with van der Waals surface area (Å²) >= 11 is 0. The molecule has 5 rings (SSSR count). The number of halogens is 3. The molecule has 12 heteroatoms. The third kappa shape index (κ3) is 6.39. The zero-order valence-electron chi connectivity index (χ0n) is 20.2. The van der Waals surface area contributed by atoms with Crippen LogP contribution in [0.4, 0.5) is 10.2 Å². The molecule has 3 N–H and O–H groups in total. The normalized spacial score (nSPS) is 22.0. The highest BCUT2D eigenvalue weighted by Gasteiger charge is 2.33. The van der Waals surface area contributed by atoms with Gasteiger partial charge in [0.1, 0.15) is 11.9 Å². The quantitative estimate of drug-likeness (QED) is 0.409. The average molecular weight is 554 g/mol. The van der Waals surface area contributed by atoms with Gasteiger partial charge in [-0.25, -0.2) is 9.37 Å². The summed E-state index contributed by atoms with van der Waals surface area (Å²) in [5.41, 5.74) is 1.50. The molecule has 1 saturated heterocycles. The molecule has 0 radical (unpaired) electrons. The molecule has 2 aromatic heterocycles. The Morgan fingerprint density at radius 3 is 2.89 bits per heavy atom. The van der Waals surface area contributed by atoms with Crippen LogP contribution >= 0.6 is 24.8 Å². The number of piperidine rings is 1. The van der Waals surface area contributed by atoms with Gasteiger partial charge < -0.3 is 25.2 Å². The Bertz CT molecular complexity index is 1220. The monoisotopic (exact) mass is 553 g/mol. The van der Waals surface area contributed by atoms with E-state index in [1.54, 1.807) is 37.7 Å². The number of hydrogen-bond acceptors (Lipinski definition) is 8. The Labute approximate surface area is 226 Å². The summed E-state index contributed by atoms with van der Waals surface area (Å²) in [5.74, 6) is 1.27. The molecule has 1 fully saturated rings. The van der Waals surface area contributed by atoms with Gasteiger partial charge in [0.05, 0.1) is 18.7 Å². The number of aliphatic hydroxyl groups is 1. The number of anilines is 1. The lowest BCUT2D eigenvalue weighted by Gasteiger charge is -2.37. The Morgan fingerprint density at radius 2 is 2.11 bits per heavy atom. The predicted octanol–water partition coefficient (Wildman–Crippen LogP) is 2.92. The van der Waals surface area contributed by atoms with Crippen LogP contribution in [0.3, 0.4) is 0 Å². The molecule has 2 aliphatic rings. The van der Waals surface area contributed by atoms with E-state index in [-0.39, 0.29) is 43.8 Å². The van der Waals surface area contributed by atoms with E-state index in [1.807, 2.05) is 23.1 Å². The van der Waals surface area contributed by atoms with Crippen LogP contribution in [0, 0.1) is 0 Å². The van der Waals surface area contributed by atoms with Gasteiger partial charge in [0.2, 0.25) is 0 Å². The van der Waals surface area contributed by atoms with Gasteiger partial charge in [0, 0.05) is 43.5 Å². The molecular formula is C25H30Cl2FN5O4. The van der Waals surface area contributed by atoms with E-state index in [0.717, 1.165) is 16.5 Å². The number of ether oxygens (including phenoxy) is 2. The summed E-state index contributed by atoms with van der Waals surface area (Å²) in [6, 6.07) is 10.4. The van der Waals surface area contributed by atoms with Crippen molar-refractivity contribution in [3.05, 3.63) is 54.4 Å². The molecule has 37 heavy (non-hydrogen) atoms. The summed E-state index contributed by atoms with van der Waals surface area (Å²) in [5, 5.41) is 17.6. The summed E-state index contributed by atoms with van der Waals surface area (Å²) < 4.78 is 26.1. The van der Waals surface area contributed by atoms with Gasteiger partial charge in [-0.15, -0.1) is 24.8 Å². The van der Waals surface area contributed by atoms with Crippen molar-refractivity contribution in [1.29, 1.82) is 0 Å². The lowest BCUT2D eigenvalue weighted by atomic mass is 10.00. The molecule has 0 bridgehead atoms. The smallest absolute Gasteiger partial charge is 0.268 e. The van der Waals surface area contributed by atoms with Gasteiger partial charge in [-0.05, 0) is 54.9 Å². The molecule has 9 nitrogen and oxygen atoms in total. The molecule has 1 aromatic carbocycles. The van der Waals surface area contributed by atoms with Gasteiger partial charge in [-0.1, -0.05) is 0 Å². The lowest BCUT2D eigenvalue weighted by Crippen LogP contribution is -2.54. The first-order chi connectivity index (χ1) is 17.0. The van der Waals surface area contributed by atoms with E-state index in [2.05, 4.69) is 20.6 Å². The second kappa shape index (κ2) is 12.7. The van der Waals surface area contributed by atoms with Crippen molar-refractivity contribution in [2.24, 2.45) is 0 Å². The highest BCUT2D eigenvalue weighted by molar-refractivity contribution is 5.96. The van der Waals surface area contributed by atoms with Crippen molar-refractivity contribution in [1.82, 2.24) is 20.2 Å². The number of rotatable bonds is 7. The van der Waals surface area contributed by atoms with Gasteiger partial charge >= 0.3 is 0 Å². The van der Waals surface area contributed by atoms with Gasteiger partial charge in [-0.3, -0.25) is 14.7 Å². The largest absolute Gasteiger partial charge is 0.497 e. The predicted molar refractivity (Wildman–Crippen MR) is 143 cm³/mol.